The van der Waals surface area contributed by atoms with Crippen LogP contribution >= 0.6 is 0 Å². The summed E-state index contributed by atoms with van der Waals surface area (Å²) in [6.45, 7) is 15.7. The quantitative estimate of drug-likeness (QED) is 0.582. The molecule has 0 radical (unpaired) electrons. The lowest BCUT2D eigenvalue weighted by Crippen LogP contribution is -2.45. The van der Waals surface area contributed by atoms with E-state index in [4.69, 9.17) is 9.47 Å². The molecule has 0 aromatic rings. The van der Waals surface area contributed by atoms with E-state index in [1.807, 2.05) is 27.7 Å². The van der Waals surface area contributed by atoms with Crippen LogP contribution in [0.25, 0.3) is 0 Å². The molecule has 0 amide bonds. The van der Waals surface area contributed by atoms with Crippen LogP contribution in [0.2, 0.25) is 0 Å². The zero-order valence-electron chi connectivity index (χ0n) is 15.6. The molecular weight excluding hydrogens is 292 g/mol. The van der Waals surface area contributed by atoms with Crippen LogP contribution < -0.4 is 0 Å². The zero-order chi connectivity index (χ0) is 17.7. The van der Waals surface area contributed by atoms with Crippen molar-refractivity contribution in [2.24, 2.45) is 22.7 Å². The molecule has 2 rings (SSSR count). The number of carbonyl (C=O) groups is 2. The van der Waals surface area contributed by atoms with Gasteiger partial charge < -0.3 is 9.47 Å². The number of hydrogen-bond acceptors (Lipinski definition) is 4. The summed E-state index contributed by atoms with van der Waals surface area (Å²) in [4.78, 5) is 25.6. The average Bonchev–Trinajstić information content (AvgIpc) is 2.73. The van der Waals surface area contributed by atoms with Gasteiger partial charge in [0.15, 0.2) is 0 Å². The Kier molecular flexibility index (Phi) is 4.42. The first-order valence-corrected chi connectivity index (χ1v) is 8.54. The minimum absolute atomic E-state index is 0.190. The van der Waals surface area contributed by atoms with Crippen molar-refractivity contribution in [3.63, 3.8) is 0 Å². The monoisotopic (exact) mass is 322 g/mol. The van der Waals surface area contributed by atoms with Crippen molar-refractivity contribution in [3.05, 3.63) is 11.1 Å². The van der Waals surface area contributed by atoms with E-state index in [1.54, 1.807) is 0 Å². The second kappa shape index (κ2) is 5.64. The van der Waals surface area contributed by atoms with Crippen molar-refractivity contribution in [1.82, 2.24) is 0 Å². The Morgan fingerprint density at radius 2 is 1.17 bits per heavy atom. The lowest BCUT2D eigenvalue weighted by molar-refractivity contribution is -0.169. The molecule has 0 aromatic heterocycles. The Balaban J connectivity index is 2.48. The molecule has 23 heavy (non-hydrogen) atoms. The van der Waals surface area contributed by atoms with Crippen molar-refractivity contribution in [2.75, 3.05) is 0 Å². The highest BCUT2D eigenvalue weighted by atomic mass is 16.6. The van der Waals surface area contributed by atoms with Gasteiger partial charge in [-0.3, -0.25) is 9.59 Å². The SMILES string of the molecule is CC1=C(C)C2(C)CC1(C)C(C(=O)OC(C)C)C2C(=O)OC(C)C. The number of carbonyl (C=O) groups excluding carboxylic acids is 2. The summed E-state index contributed by atoms with van der Waals surface area (Å²) in [5.74, 6) is -1.48. The van der Waals surface area contributed by atoms with Gasteiger partial charge in [0.2, 0.25) is 0 Å². The molecule has 0 N–H and O–H groups in total. The Hall–Kier alpha value is -1.32. The predicted octanol–water partition coefficient (Wildman–Crippen LogP) is 3.89. The highest BCUT2D eigenvalue weighted by Crippen LogP contribution is 2.69. The third-order valence-corrected chi connectivity index (χ3v) is 5.93. The highest BCUT2D eigenvalue weighted by Gasteiger charge is 2.68. The molecule has 0 spiro atoms. The minimum Gasteiger partial charge on any atom is -0.463 e. The third kappa shape index (κ3) is 2.60. The van der Waals surface area contributed by atoms with Crippen molar-refractivity contribution in [2.45, 2.75) is 74.0 Å². The lowest BCUT2D eigenvalue weighted by Gasteiger charge is -2.39. The van der Waals surface area contributed by atoms with Crippen LogP contribution in [0.5, 0.6) is 0 Å². The fraction of sp³-hybridized carbons (Fsp3) is 0.789. The Labute approximate surface area is 139 Å². The first-order valence-electron chi connectivity index (χ1n) is 8.54. The van der Waals surface area contributed by atoms with E-state index < -0.39 is 11.8 Å². The molecule has 1 fully saturated rings. The summed E-state index contributed by atoms with van der Waals surface area (Å²) in [5, 5.41) is 0. The number of rotatable bonds is 4. The van der Waals surface area contributed by atoms with E-state index in [-0.39, 0.29) is 35.0 Å². The molecular formula is C19H30O4. The number of fused-ring (bicyclic) bond motifs is 2. The highest BCUT2D eigenvalue weighted by molar-refractivity contribution is 5.86. The molecule has 2 aliphatic rings. The van der Waals surface area contributed by atoms with Gasteiger partial charge in [0.1, 0.15) is 0 Å². The third-order valence-electron chi connectivity index (χ3n) is 5.93. The van der Waals surface area contributed by atoms with Gasteiger partial charge in [-0.05, 0) is 48.0 Å². The van der Waals surface area contributed by atoms with Gasteiger partial charge >= 0.3 is 11.9 Å². The molecule has 0 aliphatic heterocycles. The molecule has 0 aromatic carbocycles. The van der Waals surface area contributed by atoms with Gasteiger partial charge in [-0.1, -0.05) is 25.0 Å². The molecule has 4 unspecified atom stereocenters. The van der Waals surface area contributed by atoms with Crippen LogP contribution in [0.15, 0.2) is 11.1 Å². The molecule has 0 heterocycles. The summed E-state index contributed by atoms with van der Waals surface area (Å²) in [6.07, 6.45) is 0.420. The average molecular weight is 322 g/mol. The first-order chi connectivity index (χ1) is 10.4. The predicted molar refractivity (Wildman–Crippen MR) is 88.6 cm³/mol. The first kappa shape index (κ1) is 18.0. The fourth-order valence-corrected chi connectivity index (χ4v) is 4.71. The van der Waals surface area contributed by atoms with E-state index in [2.05, 4.69) is 27.7 Å². The van der Waals surface area contributed by atoms with Crippen LogP contribution in [0.1, 0.15) is 61.8 Å². The van der Waals surface area contributed by atoms with Gasteiger partial charge in [0, 0.05) is 10.8 Å². The molecule has 2 bridgehead atoms. The van der Waals surface area contributed by atoms with Crippen molar-refractivity contribution in [1.29, 1.82) is 0 Å². The molecule has 130 valence electrons. The Morgan fingerprint density at radius 3 is 1.43 bits per heavy atom. The molecule has 4 atom stereocenters. The summed E-state index contributed by atoms with van der Waals surface area (Å²) in [5.41, 5.74) is 1.79. The van der Waals surface area contributed by atoms with Gasteiger partial charge in [0.25, 0.3) is 0 Å². The second-order valence-electron chi connectivity index (χ2n) is 8.19. The Bertz CT molecular complexity index is 512. The van der Waals surface area contributed by atoms with Gasteiger partial charge in [-0.25, -0.2) is 0 Å². The van der Waals surface area contributed by atoms with Gasteiger partial charge in [-0.15, -0.1) is 0 Å². The molecule has 4 heteroatoms. The van der Waals surface area contributed by atoms with Gasteiger partial charge in [0.05, 0.1) is 24.0 Å². The molecule has 4 nitrogen and oxygen atoms in total. The number of ether oxygens (including phenoxy) is 2. The smallest absolute Gasteiger partial charge is 0.310 e. The fourth-order valence-electron chi connectivity index (χ4n) is 4.71. The van der Waals surface area contributed by atoms with E-state index >= 15 is 0 Å². The van der Waals surface area contributed by atoms with E-state index in [0.29, 0.717) is 0 Å². The van der Waals surface area contributed by atoms with Crippen LogP contribution in [0, 0.1) is 22.7 Å². The normalized spacial score (nSPS) is 36.1. The van der Waals surface area contributed by atoms with Crippen molar-refractivity contribution < 1.29 is 19.1 Å². The summed E-state index contributed by atoms with van der Waals surface area (Å²) >= 11 is 0. The number of hydrogen-bond donors (Lipinski definition) is 0. The van der Waals surface area contributed by atoms with E-state index in [9.17, 15) is 9.59 Å². The standard InChI is InChI=1S/C19H30O4/c1-10(2)22-16(20)14-15(17(21)23-11(3)4)19(8)9-18(14,7)12(5)13(19)6/h10-11,14-15H,9H2,1-8H3. The van der Waals surface area contributed by atoms with Crippen LogP contribution in [0.4, 0.5) is 0 Å². The van der Waals surface area contributed by atoms with Gasteiger partial charge in [-0.2, -0.15) is 0 Å². The van der Waals surface area contributed by atoms with Crippen molar-refractivity contribution in [3.8, 4) is 0 Å². The summed E-state index contributed by atoms with van der Waals surface area (Å²) in [7, 11) is 0. The maximum absolute atomic E-state index is 12.8. The summed E-state index contributed by atoms with van der Waals surface area (Å²) in [6, 6.07) is 0. The second-order valence-corrected chi connectivity index (χ2v) is 8.19. The maximum Gasteiger partial charge on any atom is 0.310 e. The van der Waals surface area contributed by atoms with E-state index in [1.165, 1.54) is 11.1 Å². The number of esters is 2. The minimum atomic E-state index is -0.468. The van der Waals surface area contributed by atoms with E-state index in [0.717, 1.165) is 6.42 Å². The number of allylic oxidation sites excluding steroid dienone is 2. The molecule has 2 aliphatic carbocycles. The maximum atomic E-state index is 12.8. The van der Waals surface area contributed by atoms with Crippen LogP contribution in [0.3, 0.4) is 0 Å². The summed E-state index contributed by atoms with van der Waals surface area (Å²) < 4.78 is 11.0. The Morgan fingerprint density at radius 1 is 0.870 bits per heavy atom. The van der Waals surface area contributed by atoms with Crippen LogP contribution in [-0.4, -0.2) is 24.1 Å². The molecule has 0 saturated heterocycles. The zero-order valence-corrected chi connectivity index (χ0v) is 15.6. The lowest BCUT2D eigenvalue weighted by atomic mass is 9.65. The van der Waals surface area contributed by atoms with Crippen molar-refractivity contribution >= 4 is 11.9 Å². The topological polar surface area (TPSA) is 52.6 Å². The molecule has 1 saturated carbocycles. The largest absolute Gasteiger partial charge is 0.463 e. The van der Waals surface area contributed by atoms with Crippen LogP contribution in [-0.2, 0) is 19.1 Å².